The van der Waals surface area contributed by atoms with Gasteiger partial charge in [0.1, 0.15) is 5.00 Å². The fourth-order valence-electron chi connectivity index (χ4n) is 1.93. The van der Waals surface area contributed by atoms with Crippen LogP contribution in [0.3, 0.4) is 0 Å². The molecule has 3 rings (SSSR count). The molecule has 1 saturated heterocycles. The van der Waals surface area contributed by atoms with Gasteiger partial charge in [-0.05, 0) is 27.7 Å². The van der Waals surface area contributed by atoms with Crippen molar-refractivity contribution in [1.82, 2.24) is 14.5 Å². The van der Waals surface area contributed by atoms with E-state index in [1.54, 1.807) is 17.9 Å². The van der Waals surface area contributed by atoms with E-state index in [2.05, 4.69) is 9.97 Å². The van der Waals surface area contributed by atoms with E-state index in [0.29, 0.717) is 10.6 Å². The maximum absolute atomic E-state index is 13.9. The molecule has 0 bridgehead atoms. The van der Waals surface area contributed by atoms with Crippen molar-refractivity contribution >= 4 is 24.0 Å². The second kappa shape index (κ2) is 4.37. The van der Waals surface area contributed by atoms with Crippen molar-refractivity contribution in [1.29, 1.82) is 0 Å². The highest BCUT2D eigenvalue weighted by atomic mass is 32.1. The Morgan fingerprint density at radius 3 is 2.45 bits per heavy atom. The van der Waals surface area contributed by atoms with Gasteiger partial charge in [-0.25, -0.2) is 4.98 Å². The topological polar surface area (TPSA) is 49.2 Å². The van der Waals surface area contributed by atoms with E-state index >= 15 is 0 Å². The van der Waals surface area contributed by atoms with Gasteiger partial charge in [-0.3, -0.25) is 9.55 Å². The maximum atomic E-state index is 13.9. The molecule has 0 spiro atoms. The van der Waals surface area contributed by atoms with Gasteiger partial charge in [0.05, 0.1) is 28.5 Å². The van der Waals surface area contributed by atoms with Crippen LogP contribution in [0.1, 0.15) is 27.7 Å². The van der Waals surface area contributed by atoms with Gasteiger partial charge < -0.3 is 9.31 Å². The third kappa shape index (κ3) is 2.08. The van der Waals surface area contributed by atoms with Crippen molar-refractivity contribution in [2.24, 2.45) is 0 Å². The normalized spacial score (nSPS) is 20.6. The molecule has 1 aliphatic heterocycles. The van der Waals surface area contributed by atoms with Crippen molar-refractivity contribution in [3.63, 3.8) is 0 Å². The summed E-state index contributed by atoms with van der Waals surface area (Å²) < 4.78 is 27.0. The summed E-state index contributed by atoms with van der Waals surface area (Å²) in [6.07, 6.45) is 2.58. The number of thiazole rings is 1. The largest absolute Gasteiger partial charge is 0.516 e. The Hall–Kier alpha value is -1.25. The van der Waals surface area contributed by atoms with Gasteiger partial charge in [-0.15, -0.1) is 11.3 Å². The van der Waals surface area contributed by atoms with Gasteiger partial charge in [-0.2, -0.15) is 4.39 Å². The summed E-state index contributed by atoms with van der Waals surface area (Å²) in [4.78, 5) is 7.84. The number of aromatic nitrogens is 3. The number of rotatable bonds is 2. The minimum atomic E-state index is -0.663. The maximum Gasteiger partial charge on any atom is 0.516 e. The van der Waals surface area contributed by atoms with E-state index in [-0.39, 0.29) is 0 Å². The van der Waals surface area contributed by atoms with E-state index in [1.165, 1.54) is 15.9 Å². The molecule has 0 unspecified atom stereocenters. The van der Waals surface area contributed by atoms with E-state index in [0.717, 1.165) is 0 Å². The fraction of sp³-hybridized carbons (Fsp3) is 0.500. The summed E-state index contributed by atoms with van der Waals surface area (Å²) >= 11 is 1.34. The SMILES string of the molecule is CC1(C)OB(c2cn(-c3cncs3)c(F)n2)OC1(C)C. The summed E-state index contributed by atoms with van der Waals surface area (Å²) in [6, 6.07) is 0. The van der Waals surface area contributed by atoms with Crippen LogP contribution >= 0.6 is 11.3 Å². The molecule has 5 nitrogen and oxygen atoms in total. The number of hydrogen-bond donors (Lipinski definition) is 0. The quantitative estimate of drug-likeness (QED) is 0.792. The van der Waals surface area contributed by atoms with Crippen molar-refractivity contribution < 1.29 is 13.7 Å². The zero-order valence-electron chi connectivity index (χ0n) is 11.8. The second-order valence-electron chi connectivity index (χ2n) is 5.73. The zero-order valence-corrected chi connectivity index (χ0v) is 12.6. The Morgan fingerprint density at radius 1 is 1.25 bits per heavy atom. The van der Waals surface area contributed by atoms with E-state index in [9.17, 15) is 4.39 Å². The lowest BCUT2D eigenvalue weighted by atomic mass is 9.86. The van der Waals surface area contributed by atoms with Gasteiger partial charge in [0.15, 0.2) is 0 Å². The first-order valence-electron chi connectivity index (χ1n) is 6.29. The van der Waals surface area contributed by atoms with Crippen LogP contribution in [0.25, 0.3) is 5.00 Å². The molecule has 1 fully saturated rings. The average molecular weight is 295 g/mol. The minimum absolute atomic E-state index is 0.426. The van der Waals surface area contributed by atoms with Crippen LogP contribution in [0.15, 0.2) is 17.9 Å². The van der Waals surface area contributed by atoms with Gasteiger partial charge >= 0.3 is 7.12 Å². The standard InChI is InChI=1S/C12H15BFN3O2S/c1-11(2)12(3,4)19-13(18-11)8-6-17(10(14)16-8)9-5-15-7-20-9/h5-7H,1-4H3. The van der Waals surface area contributed by atoms with Crippen LogP contribution in [-0.2, 0) is 9.31 Å². The summed E-state index contributed by atoms with van der Waals surface area (Å²) in [7, 11) is -0.663. The molecule has 0 atom stereocenters. The van der Waals surface area contributed by atoms with E-state index < -0.39 is 24.4 Å². The molecule has 0 aromatic carbocycles. The second-order valence-corrected chi connectivity index (χ2v) is 6.60. The predicted molar refractivity (Wildman–Crippen MR) is 74.9 cm³/mol. The van der Waals surface area contributed by atoms with Crippen LogP contribution < -0.4 is 5.59 Å². The van der Waals surface area contributed by atoms with Crippen LogP contribution in [0.4, 0.5) is 4.39 Å². The van der Waals surface area contributed by atoms with Crippen molar-refractivity contribution in [3.8, 4) is 5.00 Å². The molecule has 0 radical (unpaired) electrons. The molecule has 0 amide bonds. The first kappa shape index (κ1) is 13.7. The predicted octanol–water partition coefficient (Wildman–Crippen LogP) is 1.77. The lowest BCUT2D eigenvalue weighted by Gasteiger charge is -2.32. The number of hydrogen-bond acceptors (Lipinski definition) is 5. The highest BCUT2D eigenvalue weighted by molar-refractivity contribution is 7.12. The van der Waals surface area contributed by atoms with Gasteiger partial charge in [0.2, 0.25) is 0 Å². The summed E-state index contributed by atoms with van der Waals surface area (Å²) in [6.45, 7) is 7.79. The molecule has 106 valence electrons. The molecule has 3 heterocycles. The van der Waals surface area contributed by atoms with Crippen LogP contribution in [0.5, 0.6) is 0 Å². The Morgan fingerprint density at radius 2 is 1.90 bits per heavy atom. The number of nitrogens with zero attached hydrogens (tertiary/aromatic N) is 3. The zero-order chi connectivity index (χ0) is 14.5. The van der Waals surface area contributed by atoms with Gasteiger partial charge in [0, 0.05) is 6.20 Å². The Kier molecular flexibility index (Phi) is 3.00. The highest BCUT2D eigenvalue weighted by Crippen LogP contribution is 2.36. The average Bonchev–Trinajstić information content (AvgIpc) is 2.98. The van der Waals surface area contributed by atoms with Crippen LogP contribution in [-0.4, -0.2) is 32.9 Å². The van der Waals surface area contributed by atoms with E-state index in [4.69, 9.17) is 9.31 Å². The molecule has 0 saturated carbocycles. The van der Waals surface area contributed by atoms with Crippen LogP contribution in [0.2, 0.25) is 0 Å². The molecule has 8 heteroatoms. The smallest absolute Gasteiger partial charge is 0.398 e. The fourth-order valence-corrected chi connectivity index (χ4v) is 2.53. The van der Waals surface area contributed by atoms with E-state index in [1.807, 2.05) is 27.7 Å². The summed E-state index contributed by atoms with van der Waals surface area (Å²) in [5.41, 5.74) is 1.13. The molecular weight excluding hydrogens is 280 g/mol. The summed E-state index contributed by atoms with van der Waals surface area (Å²) in [5, 5.41) is 0.665. The third-order valence-electron chi connectivity index (χ3n) is 3.83. The highest BCUT2D eigenvalue weighted by Gasteiger charge is 2.52. The monoisotopic (exact) mass is 295 g/mol. The summed E-state index contributed by atoms with van der Waals surface area (Å²) in [5.74, 6) is 0. The molecule has 1 aliphatic rings. The molecule has 2 aromatic rings. The number of imidazole rings is 1. The van der Waals surface area contributed by atoms with Crippen molar-refractivity contribution in [2.75, 3.05) is 0 Å². The molecule has 2 aromatic heterocycles. The Balaban J connectivity index is 1.92. The number of halogens is 1. The van der Waals surface area contributed by atoms with Crippen LogP contribution in [0, 0.1) is 6.08 Å². The van der Waals surface area contributed by atoms with Gasteiger partial charge in [-0.1, -0.05) is 0 Å². The third-order valence-corrected chi connectivity index (χ3v) is 4.60. The minimum Gasteiger partial charge on any atom is -0.398 e. The Bertz CT molecular complexity index is 611. The molecule has 0 N–H and O–H groups in total. The lowest BCUT2D eigenvalue weighted by molar-refractivity contribution is 0.00578. The first-order valence-corrected chi connectivity index (χ1v) is 7.17. The molecular formula is C12H15BFN3O2S. The molecule has 20 heavy (non-hydrogen) atoms. The van der Waals surface area contributed by atoms with Crippen molar-refractivity contribution in [2.45, 2.75) is 38.9 Å². The lowest BCUT2D eigenvalue weighted by Crippen LogP contribution is -2.41. The van der Waals surface area contributed by atoms with Gasteiger partial charge in [0.25, 0.3) is 6.08 Å². The molecule has 0 aliphatic carbocycles. The first-order chi connectivity index (χ1) is 9.30. The Labute approximate surface area is 120 Å². The van der Waals surface area contributed by atoms with Crippen molar-refractivity contribution in [3.05, 3.63) is 24.0 Å².